The summed E-state index contributed by atoms with van der Waals surface area (Å²) in [6, 6.07) is 6.56. The van der Waals surface area contributed by atoms with Gasteiger partial charge in [0.1, 0.15) is 11.5 Å². The fourth-order valence-electron chi connectivity index (χ4n) is 2.32. The van der Waals surface area contributed by atoms with Gasteiger partial charge >= 0.3 is 0 Å². The molecule has 2 unspecified atom stereocenters. The number of carbonyl (C=O) groups excluding carboxylic acids is 1. The number of amides is 1. The molecule has 0 aliphatic rings. The lowest BCUT2D eigenvalue weighted by molar-refractivity contribution is 0.0935. The first-order valence-corrected chi connectivity index (χ1v) is 8.47. The third kappa shape index (κ3) is 5.41. The number of nitrogens with one attached hydrogen (secondary N) is 1. The minimum Gasteiger partial charge on any atom is -0.393 e. The van der Waals surface area contributed by atoms with E-state index in [-0.39, 0.29) is 23.7 Å². The van der Waals surface area contributed by atoms with Gasteiger partial charge in [-0.3, -0.25) is 4.79 Å². The van der Waals surface area contributed by atoms with Gasteiger partial charge in [-0.15, -0.1) is 11.3 Å². The lowest BCUT2D eigenvalue weighted by Crippen LogP contribution is -2.29. The van der Waals surface area contributed by atoms with E-state index in [4.69, 9.17) is 0 Å². The van der Waals surface area contributed by atoms with Gasteiger partial charge in [-0.2, -0.15) is 0 Å². The molecular formula is C17H21FN2O2S. The molecule has 0 radical (unpaired) electrons. The van der Waals surface area contributed by atoms with Crippen molar-refractivity contribution >= 4 is 17.2 Å². The van der Waals surface area contributed by atoms with Gasteiger partial charge < -0.3 is 10.4 Å². The highest BCUT2D eigenvalue weighted by atomic mass is 32.1. The van der Waals surface area contributed by atoms with Crippen molar-refractivity contribution in [2.24, 2.45) is 5.92 Å². The Morgan fingerprint density at radius 1 is 1.39 bits per heavy atom. The summed E-state index contributed by atoms with van der Waals surface area (Å²) in [5.74, 6) is -0.311. The second kappa shape index (κ2) is 8.17. The molecule has 0 aliphatic heterocycles. The maximum absolute atomic E-state index is 13.6. The van der Waals surface area contributed by atoms with Crippen molar-refractivity contribution in [2.75, 3.05) is 6.54 Å². The second-order valence-electron chi connectivity index (χ2n) is 5.79. The third-order valence-corrected chi connectivity index (χ3v) is 4.29. The van der Waals surface area contributed by atoms with Crippen LogP contribution in [0.1, 0.15) is 41.3 Å². The summed E-state index contributed by atoms with van der Waals surface area (Å²) < 4.78 is 13.6. The zero-order valence-electron chi connectivity index (χ0n) is 13.3. The van der Waals surface area contributed by atoms with Crippen molar-refractivity contribution in [1.82, 2.24) is 10.3 Å². The van der Waals surface area contributed by atoms with Crippen LogP contribution in [-0.4, -0.2) is 28.6 Å². The van der Waals surface area contributed by atoms with Crippen molar-refractivity contribution in [2.45, 2.75) is 32.8 Å². The number of aromatic nitrogens is 1. The number of carbonyl (C=O) groups is 1. The molecular weight excluding hydrogens is 315 g/mol. The van der Waals surface area contributed by atoms with Crippen LogP contribution in [0.2, 0.25) is 0 Å². The monoisotopic (exact) mass is 336 g/mol. The first-order valence-electron chi connectivity index (χ1n) is 7.59. The zero-order valence-corrected chi connectivity index (χ0v) is 14.1. The maximum Gasteiger partial charge on any atom is 0.270 e. The molecule has 6 heteroatoms. The first-order chi connectivity index (χ1) is 11.0. The summed E-state index contributed by atoms with van der Waals surface area (Å²) in [6.07, 6.45) is 0.632. The third-order valence-electron chi connectivity index (χ3n) is 3.44. The van der Waals surface area contributed by atoms with Crippen molar-refractivity contribution < 1.29 is 14.3 Å². The van der Waals surface area contributed by atoms with E-state index in [1.165, 1.54) is 17.4 Å². The molecule has 2 rings (SSSR count). The Balaban J connectivity index is 1.91. The fourth-order valence-corrected chi connectivity index (χ4v) is 3.12. The lowest BCUT2D eigenvalue weighted by Gasteiger charge is -2.13. The summed E-state index contributed by atoms with van der Waals surface area (Å²) >= 11 is 1.35. The molecule has 1 aromatic heterocycles. The Labute approximate surface area is 139 Å². The normalized spacial score (nSPS) is 13.6. The number of hydrogen-bond donors (Lipinski definition) is 2. The van der Waals surface area contributed by atoms with Crippen molar-refractivity contribution in [3.63, 3.8) is 0 Å². The molecule has 0 aliphatic carbocycles. The van der Waals surface area contributed by atoms with E-state index in [0.717, 1.165) is 0 Å². The van der Waals surface area contributed by atoms with Crippen LogP contribution in [0.3, 0.4) is 0 Å². The minimum absolute atomic E-state index is 0.190. The summed E-state index contributed by atoms with van der Waals surface area (Å²) in [5.41, 5.74) is 0.921. The molecule has 2 N–H and O–H groups in total. The summed E-state index contributed by atoms with van der Waals surface area (Å²) in [4.78, 5) is 16.3. The molecule has 0 bridgehead atoms. The zero-order chi connectivity index (χ0) is 16.8. The maximum atomic E-state index is 13.6. The Morgan fingerprint density at radius 2 is 2.13 bits per heavy atom. The number of benzene rings is 1. The van der Waals surface area contributed by atoms with Gasteiger partial charge in [-0.05, 0) is 30.9 Å². The number of aliphatic hydroxyl groups excluding tert-OH is 1. The molecule has 0 spiro atoms. The number of nitrogens with zero attached hydrogens (tertiary/aromatic N) is 1. The van der Waals surface area contributed by atoms with E-state index in [9.17, 15) is 14.3 Å². The average molecular weight is 336 g/mol. The molecule has 1 aromatic carbocycles. The number of halogens is 1. The first kappa shape index (κ1) is 17.6. The Kier molecular flexibility index (Phi) is 6.24. The van der Waals surface area contributed by atoms with Gasteiger partial charge in [0.05, 0.1) is 11.1 Å². The van der Waals surface area contributed by atoms with Gasteiger partial charge in [-0.25, -0.2) is 9.37 Å². The van der Waals surface area contributed by atoms with Crippen LogP contribution >= 0.6 is 11.3 Å². The van der Waals surface area contributed by atoms with Crippen LogP contribution in [0.5, 0.6) is 0 Å². The Morgan fingerprint density at radius 3 is 2.83 bits per heavy atom. The molecule has 4 nitrogen and oxygen atoms in total. The second-order valence-corrected chi connectivity index (χ2v) is 6.74. The highest BCUT2D eigenvalue weighted by Gasteiger charge is 2.14. The van der Waals surface area contributed by atoms with E-state index in [0.29, 0.717) is 35.7 Å². The Hall–Kier alpha value is -1.79. The lowest BCUT2D eigenvalue weighted by atomic mass is 10.0. The predicted molar refractivity (Wildman–Crippen MR) is 89.1 cm³/mol. The van der Waals surface area contributed by atoms with Crippen LogP contribution in [0, 0.1) is 11.7 Å². The predicted octanol–water partition coefficient (Wildman–Crippen LogP) is 3.01. The van der Waals surface area contributed by atoms with E-state index in [2.05, 4.69) is 10.3 Å². The van der Waals surface area contributed by atoms with Gasteiger partial charge in [0.2, 0.25) is 0 Å². The Bertz CT molecular complexity index is 658. The van der Waals surface area contributed by atoms with Gasteiger partial charge in [-0.1, -0.05) is 25.1 Å². The smallest absolute Gasteiger partial charge is 0.270 e. The number of rotatable bonds is 7. The summed E-state index contributed by atoms with van der Waals surface area (Å²) in [5, 5.41) is 14.5. The SMILES string of the molecule is CC(O)CC(C)CNC(=O)c1csc(Cc2ccccc2F)n1. The van der Waals surface area contributed by atoms with Crippen LogP contribution < -0.4 is 5.32 Å². The molecule has 1 amide bonds. The molecule has 124 valence electrons. The minimum atomic E-state index is -0.381. The van der Waals surface area contributed by atoms with Crippen molar-refractivity contribution in [1.29, 1.82) is 0 Å². The standard InChI is InChI=1S/C17H21FN2O2S/c1-11(7-12(2)21)9-19-17(22)15-10-23-16(20-15)8-13-5-3-4-6-14(13)18/h3-6,10-12,21H,7-9H2,1-2H3,(H,19,22). The molecule has 1 heterocycles. The van der Waals surface area contributed by atoms with Crippen LogP contribution in [0.15, 0.2) is 29.6 Å². The molecule has 2 atom stereocenters. The molecule has 23 heavy (non-hydrogen) atoms. The molecule has 0 fully saturated rings. The fraction of sp³-hybridized carbons (Fsp3) is 0.412. The molecule has 2 aromatic rings. The van der Waals surface area contributed by atoms with E-state index < -0.39 is 0 Å². The number of thiazole rings is 1. The molecule has 0 saturated carbocycles. The quantitative estimate of drug-likeness (QED) is 0.817. The largest absolute Gasteiger partial charge is 0.393 e. The van der Waals surface area contributed by atoms with Gasteiger partial charge in [0.25, 0.3) is 5.91 Å². The summed E-state index contributed by atoms with van der Waals surface area (Å²) in [6.45, 7) is 4.19. The van der Waals surface area contributed by atoms with Crippen molar-refractivity contribution in [3.8, 4) is 0 Å². The number of aliphatic hydroxyl groups is 1. The number of hydrogen-bond acceptors (Lipinski definition) is 4. The highest BCUT2D eigenvalue weighted by molar-refractivity contribution is 7.09. The van der Waals surface area contributed by atoms with Crippen molar-refractivity contribution in [3.05, 3.63) is 51.7 Å². The van der Waals surface area contributed by atoms with E-state index >= 15 is 0 Å². The van der Waals surface area contributed by atoms with E-state index in [1.807, 2.05) is 6.92 Å². The topological polar surface area (TPSA) is 62.2 Å². The van der Waals surface area contributed by atoms with Crippen LogP contribution in [0.4, 0.5) is 4.39 Å². The van der Waals surface area contributed by atoms with Gasteiger partial charge in [0, 0.05) is 18.3 Å². The van der Waals surface area contributed by atoms with Gasteiger partial charge in [0.15, 0.2) is 0 Å². The van der Waals surface area contributed by atoms with Crippen LogP contribution in [0.25, 0.3) is 0 Å². The van der Waals surface area contributed by atoms with E-state index in [1.54, 1.807) is 30.5 Å². The van der Waals surface area contributed by atoms with Crippen LogP contribution in [-0.2, 0) is 6.42 Å². The summed E-state index contributed by atoms with van der Waals surface area (Å²) in [7, 11) is 0. The molecule has 0 saturated heterocycles. The average Bonchev–Trinajstić information content (AvgIpc) is 2.95. The highest BCUT2D eigenvalue weighted by Crippen LogP contribution is 2.17.